The number of halogens is 2. The second kappa shape index (κ2) is 5.75. The maximum absolute atomic E-state index is 13.3. The monoisotopic (exact) mass is 290 g/mol. The molecular weight excluding hydrogens is 275 g/mol. The second-order valence-electron chi connectivity index (χ2n) is 4.55. The van der Waals surface area contributed by atoms with Crippen molar-refractivity contribution in [3.63, 3.8) is 0 Å². The van der Waals surface area contributed by atoms with Crippen molar-refractivity contribution in [2.45, 2.75) is 20.5 Å². The van der Waals surface area contributed by atoms with E-state index >= 15 is 0 Å². The van der Waals surface area contributed by atoms with Crippen LogP contribution in [-0.4, -0.2) is 18.3 Å². The van der Waals surface area contributed by atoms with E-state index in [0.717, 1.165) is 4.47 Å². The van der Waals surface area contributed by atoms with Gasteiger partial charge in [-0.1, -0.05) is 29.8 Å². The third-order valence-corrected chi connectivity index (χ3v) is 2.68. The predicted molar refractivity (Wildman–Crippen MR) is 64.6 cm³/mol. The van der Waals surface area contributed by atoms with Crippen molar-refractivity contribution < 1.29 is 14.2 Å². The molecule has 1 N–H and O–H groups in total. The van der Waals surface area contributed by atoms with Gasteiger partial charge < -0.3 is 9.84 Å². The topological polar surface area (TPSA) is 29.5 Å². The van der Waals surface area contributed by atoms with Gasteiger partial charge in [-0.3, -0.25) is 0 Å². The molecule has 0 aromatic heterocycles. The molecule has 0 spiro atoms. The van der Waals surface area contributed by atoms with Gasteiger partial charge in [-0.05, 0) is 18.2 Å². The highest BCUT2D eigenvalue weighted by Gasteiger charge is 2.16. The fraction of sp³-hybridized carbons (Fsp3) is 0.500. The number of hydrogen-bond donors (Lipinski definition) is 1. The number of ether oxygens (including phenoxy) is 1. The van der Waals surface area contributed by atoms with Crippen LogP contribution in [0.25, 0.3) is 0 Å². The molecule has 0 saturated heterocycles. The highest BCUT2D eigenvalue weighted by molar-refractivity contribution is 9.10. The first-order valence-corrected chi connectivity index (χ1v) is 5.86. The molecule has 4 heteroatoms. The normalized spacial score (nSPS) is 11.8. The summed E-state index contributed by atoms with van der Waals surface area (Å²) in [6.45, 7) is 4.45. The molecule has 16 heavy (non-hydrogen) atoms. The van der Waals surface area contributed by atoms with E-state index in [1.54, 1.807) is 12.1 Å². The van der Waals surface area contributed by atoms with E-state index in [-0.39, 0.29) is 24.4 Å². The molecule has 90 valence electrons. The molecule has 0 aliphatic heterocycles. The zero-order chi connectivity index (χ0) is 12.2. The summed E-state index contributed by atoms with van der Waals surface area (Å²) in [4.78, 5) is 0. The Bertz CT molecular complexity index is 353. The third kappa shape index (κ3) is 4.20. The van der Waals surface area contributed by atoms with Gasteiger partial charge in [0.25, 0.3) is 0 Å². The molecule has 0 saturated carbocycles. The van der Waals surface area contributed by atoms with Crippen molar-refractivity contribution in [3.05, 3.63) is 34.1 Å². The summed E-state index contributed by atoms with van der Waals surface area (Å²) in [5, 5.41) is 9.03. The van der Waals surface area contributed by atoms with Crippen LogP contribution in [-0.2, 0) is 11.3 Å². The summed E-state index contributed by atoms with van der Waals surface area (Å²) in [5.74, 6) is -0.273. The van der Waals surface area contributed by atoms with Crippen molar-refractivity contribution >= 4 is 15.9 Å². The summed E-state index contributed by atoms with van der Waals surface area (Å²) in [7, 11) is 0. The molecule has 0 amide bonds. The first kappa shape index (κ1) is 13.6. The average molecular weight is 291 g/mol. The van der Waals surface area contributed by atoms with Crippen LogP contribution in [0.5, 0.6) is 0 Å². The lowest BCUT2D eigenvalue weighted by Crippen LogP contribution is -2.23. The van der Waals surface area contributed by atoms with Crippen LogP contribution in [0.4, 0.5) is 4.39 Å². The summed E-state index contributed by atoms with van der Waals surface area (Å²) >= 11 is 3.28. The van der Waals surface area contributed by atoms with Crippen LogP contribution in [0.1, 0.15) is 19.4 Å². The lowest BCUT2D eigenvalue weighted by atomic mass is 9.97. The van der Waals surface area contributed by atoms with E-state index in [0.29, 0.717) is 12.2 Å². The van der Waals surface area contributed by atoms with E-state index in [9.17, 15) is 4.39 Å². The van der Waals surface area contributed by atoms with Crippen LogP contribution in [0, 0.1) is 11.2 Å². The Morgan fingerprint density at radius 2 is 2.12 bits per heavy atom. The second-order valence-corrected chi connectivity index (χ2v) is 5.47. The van der Waals surface area contributed by atoms with E-state index in [1.165, 1.54) is 6.07 Å². The standard InChI is InChI=1S/C12H16BrFO2/c1-12(2,7-15)8-16-6-9-5-10(13)3-4-11(9)14/h3-5,15H,6-8H2,1-2H3. The molecule has 0 heterocycles. The van der Waals surface area contributed by atoms with Gasteiger partial charge in [-0.25, -0.2) is 4.39 Å². The Morgan fingerprint density at radius 3 is 2.75 bits per heavy atom. The van der Waals surface area contributed by atoms with Crippen LogP contribution in [0.15, 0.2) is 22.7 Å². The van der Waals surface area contributed by atoms with Gasteiger partial charge in [0.2, 0.25) is 0 Å². The zero-order valence-electron chi connectivity index (χ0n) is 9.46. The lowest BCUT2D eigenvalue weighted by molar-refractivity contribution is 0.0188. The zero-order valence-corrected chi connectivity index (χ0v) is 11.1. The molecule has 1 rings (SSSR count). The number of rotatable bonds is 5. The fourth-order valence-corrected chi connectivity index (χ4v) is 1.55. The molecule has 0 aliphatic rings. The quantitative estimate of drug-likeness (QED) is 0.903. The Kier molecular flexibility index (Phi) is 4.89. The number of hydrogen-bond acceptors (Lipinski definition) is 2. The minimum absolute atomic E-state index is 0.0496. The van der Waals surface area contributed by atoms with Crippen molar-refractivity contribution in [2.75, 3.05) is 13.2 Å². The van der Waals surface area contributed by atoms with Crippen LogP contribution < -0.4 is 0 Å². The van der Waals surface area contributed by atoms with Crippen LogP contribution in [0.2, 0.25) is 0 Å². The number of aliphatic hydroxyl groups is 1. The molecule has 2 nitrogen and oxygen atoms in total. The van der Waals surface area contributed by atoms with Gasteiger partial charge >= 0.3 is 0 Å². The van der Waals surface area contributed by atoms with Gasteiger partial charge in [-0.2, -0.15) is 0 Å². The number of benzene rings is 1. The molecule has 0 unspecified atom stereocenters. The van der Waals surface area contributed by atoms with E-state index < -0.39 is 0 Å². The first-order valence-electron chi connectivity index (χ1n) is 5.07. The highest BCUT2D eigenvalue weighted by Crippen LogP contribution is 2.18. The van der Waals surface area contributed by atoms with Gasteiger partial charge in [0.1, 0.15) is 5.82 Å². The minimum atomic E-state index is -0.289. The van der Waals surface area contributed by atoms with Crippen molar-refractivity contribution in [1.82, 2.24) is 0 Å². The summed E-state index contributed by atoms with van der Waals surface area (Å²) in [5.41, 5.74) is 0.228. The first-order chi connectivity index (χ1) is 7.44. The highest BCUT2D eigenvalue weighted by atomic mass is 79.9. The van der Waals surface area contributed by atoms with E-state index in [4.69, 9.17) is 9.84 Å². The number of aliphatic hydroxyl groups excluding tert-OH is 1. The Morgan fingerprint density at radius 1 is 1.44 bits per heavy atom. The van der Waals surface area contributed by atoms with Gasteiger partial charge in [0.15, 0.2) is 0 Å². The summed E-state index contributed by atoms with van der Waals surface area (Å²) < 4.78 is 19.5. The van der Waals surface area contributed by atoms with Gasteiger partial charge in [0.05, 0.1) is 19.8 Å². The SMILES string of the molecule is CC(C)(CO)COCc1cc(Br)ccc1F. The third-order valence-electron chi connectivity index (χ3n) is 2.19. The molecule has 0 atom stereocenters. The maximum Gasteiger partial charge on any atom is 0.128 e. The summed E-state index contributed by atoms with van der Waals surface area (Å²) in [6, 6.07) is 4.75. The van der Waals surface area contributed by atoms with Gasteiger partial charge in [0, 0.05) is 15.5 Å². The fourth-order valence-electron chi connectivity index (χ4n) is 1.14. The lowest BCUT2D eigenvalue weighted by Gasteiger charge is -2.21. The van der Waals surface area contributed by atoms with E-state index in [2.05, 4.69) is 15.9 Å². The van der Waals surface area contributed by atoms with Crippen molar-refractivity contribution in [1.29, 1.82) is 0 Å². The van der Waals surface area contributed by atoms with E-state index in [1.807, 2.05) is 13.8 Å². The maximum atomic E-state index is 13.3. The Balaban J connectivity index is 2.52. The Hall–Kier alpha value is -0.450. The predicted octanol–water partition coefficient (Wildman–Crippen LogP) is 3.12. The van der Waals surface area contributed by atoms with Crippen molar-refractivity contribution in [3.8, 4) is 0 Å². The smallest absolute Gasteiger partial charge is 0.128 e. The summed E-state index contributed by atoms with van der Waals surface area (Å²) in [6.07, 6.45) is 0. The molecule has 0 fully saturated rings. The molecule has 0 aliphatic carbocycles. The van der Waals surface area contributed by atoms with Gasteiger partial charge in [-0.15, -0.1) is 0 Å². The largest absolute Gasteiger partial charge is 0.396 e. The van der Waals surface area contributed by atoms with Crippen LogP contribution in [0.3, 0.4) is 0 Å². The molecule has 0 radical (unpaired) electrons. The van der Waals surface area contributed by atoms with Crippen molar-refractivity contribution in [2.24, 2.45) is 5.41 Å². The minimum Gasteiger partial charge on any atom is -0.396 e. The Labute approximate surface area is 104 Å². The molecule has 1 aromatic rings. The molecule has 0 bridgehead atoms. The van der Waals surface area contributed by atoms with Crippen LogP contribution >= 0.6 is 15.9 Å². The molecular formula is C12H16BrFO2. The average Bonchev–Trinajstić information content (AvgIpc) is 2.23. The molecule has 1 aromatic carbocycles.